The highest BCUT2D eigenvalue weighted by Gasteiger charge is 2.60. The van der Waals surface area contributed by atoms with E-state index in [1.807, 2.05) is 42.1 Å². The summed E-state index contributed by atoms with van der Waals surface area (Å²) in [5.74, 6) is 0.156. The summed E-state index contributed by atoms with van der Waals surface area (Å²) >= 11 is 0. The maximum atomic E-state index is 13.2. The third-order valence-electron chi connectivity index (χ3n) is 6.01. The molecule has 2 amide bonds. The molecule has 2 aliphatic heterocycles. The van der Waals surface area contributed by atoms with Crippen LogP contribution in [0.15, 0.2) is 36.7 Å². The van der Waals surface area contributed by atoms with E-state index in [0.717, 1.165) is 11.3 Å². The van der Waals surface area contributed by atoms with Crippen molar-refractivity contribution in [1.82, 2.24) is 14.5 Å². The highest BCUT2D eigenvalue weighted by atomic mass is 16.5. The Morgan fingerprint density at radius 1 is 1.31 bits per heavy atom. The Bertz CT molecular complexity index is 969. The molecule has 0 radical (unpaired) electrons. The van der Waals surface area contributed by atoms with Crippen molar-refractivity contribution in [3.05, 3.63) is 48.0 Å². The quantitative estimate of drug-likeness (QED) is 0.780. The zero-order valence-corrected chi connectivity index (χ0v) is 16.6. The van der Waals surface area contributed by atoms with Gasteiger partial charge in [0, 0.05) is 44.5 Å². The van der Waals surface area contributed by atoms with Crippen molar-refractivity contribution in [3.63, 3.8) is 0 Å². The van der Waals surface area contributed by atoms with Gasteiger partial charge in [0.1, 0.15) is 17.3 Å². The first-order chi connectivity index (χ1) is 14.0. The molecule has 1 fully saturated rings. The second-order valence-electron chi connectivity index (χ2n) is 7.54. The number of carbonyl (C=O) groups excluding carboxylic acids is 3. The molecule has 1 N–H and O–H groups in total. The Hall–Kier alpha value is -3.16. The fraction of sp³-hybridized carbons (Fsp3) is 0.429. The van der Waals surface area contributed by atoms with Crippen LogP contribution in [0.25, 0.3) is 0 Å². The van der Waals surface area contributed by atoms with Crippen LogP contribution in [0.1, 0.15) is 43.1 Å². The normalized spacial score (nSPS) is 22.6. The Labute approximate surface area is 168 Å². The summed E-state index contributed by atoms with van der Waals surface area (Å²) in [5.41, 5.74) is 0.827. The number of aromatic nitrogens is 2. The van der Waals surface area contributed by atoms with Gasteiger partial charge in [0.25, 0.3) is 0 Å². The van der Waals surface area contributed by atoms with E-state index in [-0.39, 0.29) is 30.6 Å². The van der Waals surface area contributed by atoms with Gasteiger partial charge >= 0.3 is 5.97 Å². The molecule has 0 unspecified atom stereocenters. The number of ether oxygens (including phenoxy) is 1. The van der Waals surface area contributed by atoms with Crippen LogP contribution in [0.4, 0.5) is 5.69 Å². The van der Waals surface area contributed by atoms with Crippen LogP contribution in [0.3, 0.4) is 0 Å². The van der Waals surface area contributed by atoms with E-state index in [1.165, 1.54) is 7.11 Å². The molecule has 8 nitrogen and oxygen atoms in total. The molecule has 2 aliphatic rings. The predicted molar refractivity (Wildman–Crippen MR) is 105 cm³/mol. The lowest BCUT2D eigenvalue weighted by molar-refractivity contribution is -0.141. The summed E-state index contributed by atoms with van der Waals surface area (Å²) < 4.78 is 6.51. The number of rotatable bonds is 5. The van der Waals surface area contributed by atoms with Crippen molar-refractivity contribution in [2.75, 3.05) is 19.0 Å². The molecule has 3 heterocycles. The van der Waals surface area contributed by atoms with Crippen LogP contribution in [-0.4, -0.2) is 45.9 Å². The number of hydrogen-bond acceptors (Lipinski definition) is 5. The summed E-state index contributed by atoms with van der Waals surface area (Å²) in [4.78, 5) is 44.0. The number of imidazole rings is 1. The predicted octanol–water partition coefficient (Wildman–Crippen LogP) is 1.93. The minimum absolute atomic E-state index is 0.0871. The molecule has 1 spiro atoms. The molecule has 1 aromatic carbocycles. The fourth-order valence-corrected chi connectivity index (χ4v) is 4.58. The van der Waals surface area contributed by atoms with Gasteiger partial charge in [0.05, 0.1) is 7.11 Å². The number of fused-ring (bicyclic) bond motifs is 2. The molecule has 1 aromatic heterocycles. The van der Waals surface area contributed by atoms with Crippen molar-refractivity contribution in [1.29, 1.82) is 0 Å². The van der Waals surface area contributed by atoms with E-state index in [9.17, 15) is 14.4 Å². The second kappa shape index (κ2) is 7.35. The van der Waals surface area contributed by atoms with Crippen LogP contribution in [0, 0.1) is 0 Å². The largest absolute Gasteiger partial charge is 0.469 e. The van der Waals surface area contributed by atoms with Crippen molar-refractivity contribution in [2.45, 2.75) is 37.1 Å². The SMILES string of the molecule is COC(=O)CCCC(=O)N1CC[C@]2(C(=O)Nc3ccccc32)[C@@H]1c1nccn1C. The first kappa shape index (κ1) is 19.2. The number of benzene rings is 1. The average molecular weight is 396 g/mol. The number of anilines is 1. The smallest absolute Gasteiger partial charge is 0.305 e. The molecule has 0 bridgehead atoms. The summed E-state index contributed by atoms with van der Waals surface area (Å²) in [6.45, 7) is 0.455. The number of aryl methyl sites for hydroxylation is 1. The van der Waals surface area contributed by atoms with Crippen LogP contribution in [0.2, 0.25) is 0 Å². The standard InChI is InChI=1S/C21H24N4O4/c1-24-13-11-22-19(24)18-21(14-6-3-4-7-15(14)23-20(21)28)10-12-25(18)16(26)8-5-9-17(27)29-2/h3-4,6-7,11,13,18H,5,8-10,12H2,1-2H3,(H,23,28)/t18-,21+/m0/s1. The van der Waals surface area contributed by atoms with E-state index < -0.39 is 11.5 Å². The summed E-state index contributed by atoms with van der Waals surface area (Å²) in [7, 11) is 3.20. The van der Waals surface area contributed by atoms with Gasteiger partial charge in [-0.15, -0.1) is 0 Å². The molecule has 2 atom stereocenters. The summed E-state index contributed by atoms with van der Waals surface area (Å²) in [6.07, 6.45) is 4.84. The minimum Gasteiger partial charge on any atom is -0.469 e. The Morgan fingerprint density at radius 3 is 2.83 bits per heavy atom. The Morgan fingerprint density at radius 2 is 2.10 bits per heavy atom. The fourth-order valence-electron chi connectivity index (χ4n) is 4.58. The molecule has 0 aliphatic carbocycles. The zero-order valence-electron chi connectivity index (χ0n) is 16.6. The van der Waals surface area contributed by atoms with Crippen molar-refractivity contribution in [2.24, 2.45) is 7.05 Å². The molecular formula is C21H24N4O4. The van der Waals surface area contributed by atoms with Gasteiger partial charge in [0.2, 0.25) is 11.8 Å². The van der Waals surface area contributed by atoms with Gasteiger partial charge in [-0.1, -0.05) is 18.2 Å². The number of methoxy groups -OCH3 is 1. The van der Waals surface area contributed by atoms with Crippen LogP contribution >= 0.6 is 0 Å². The highest BCUT2D eigenvalue weighted by Crippen LogP contribution is 2.54. The second-order valence-corrected chi connectivity index (χ2v) is 7.54. The van der Waals surface area contributed by atoms with Crippen LogP contribution < -0.4 is 5.32 Å². The molecular weight excluding hydrogens is 372 g/mol. The molecule has 29 heavy (non-hydrogen) atoms. The number of esters is 1. The molecule has 0 saturated carbocycles. The Kier molecular flexibility index (Phi) is 4.86. The van der Waals surface area contributed by atoms with Crippen LogP contribution in [0.5, 0.6) is 0 Å². The number of carbonyl (C=O) groups is 3. The summed E-state index contributed by atoms with van der Waals surface area (Å²) in [6, 6.07) is 7.14. The topological polar surface area (TPSA) is 93.5 Å². The lowest BCUT2D eigenvalue weighted by Gasteiger charge is -2.33. The first-order valence-electron chi connectivity index (χ1n) is 9.73. The van der Waals surface area contributed by atoms with Gasteiger partial charge in [-0.25, -0.2) is 4.98 Å². The monoisotopic (exact) mass is 396 g/mol. The number of amides is 2. The molecule has 1 saturated heterocycles. The van der Waals surface area contributed by atoms with E-state index in [1.54, 1.807) is 11.1 Å². The van der Waals surface area contributed by atoms with E-state index in [2.05, 4.69) is 15.0 Å². The molecule has 4 rings (SSSR count). The maximum absolute atomic E-state index is 13.2. The lowest BCUT2D eigenvalue weighted by atomic mass is 9.74. The van der Waals surface area contributed by atoms with Gasteiger partial charge < -0.3 is 19.5 Å². The number of para-hydroxylation sites is 1. The van der Waals surface area contributed by atoms with Crippen molar-refractivity contribution < 1.29 is 19.1 Å². The Balaban J connectivity index is 1.70. The van der Waals surface area contributed by atoms with Gasteiger partial charge in [-0.2, -0.15) is 0 Å². The van der Waals surface area contributed by atoms with Gasteiger partial charge in [-0.3, -0.25) is 14.4 Å². The van der Waals surface area contributed by atoms with Crippen LogP contribution in [-0.2, 0) is 31.6 Å². The number of hydrogen-bond donors (Lipinski definition) is 1. The van der Waals surface area contributed by atoms with Gasteiger partial charge in [0.15, 0.2) is 0 Å². The highest BCUT2D eigenvalue weighted by molar-refractivity contribution is 6.07. The third kappa shape index (κ3) is 2.99. The summed E-state index contributed by atoms with van der Waals surface area (Å²) in [5, 5.41) is 2.99. The molecule has 8 heteroatoms. The third-order valence-corrected chi connectivity index (χ3v) is 6.01. The first-order valence-corrected chi connectivity index (χ1v) is 9.73. The number of nitrogens with zero attached hydrogens (tertiary/aromatic N) is 3. The number of nitrogens with one attached hydrogen (secondary N) is 1. The lowest BCUT2D eigenvalue weighted by Crippen LogP contribution is -2.43. The molecule has 152 valence electrons. The zero-order chi connectivity index (χ0) is 20.6. The van der Waals surface area contributed by atoms with E-state index >= 15 is 0 Å². The van der Waals surface area contributed by atoms with E-state index in [0.29, 0.717) is 25.2 Å². The number of likely N-dealkylation sites (tertiary alicyclic amines) is 1. The van der Waals surface area contributed by atoms with Gasteiger partial charge in [-0.05, 0) is 24.5 Å². The maximum Gasteiger partial charge on any atom is 0.305 e. The molecule has 2 aromatic rings. The average Bonchev–Trinajstić information content (AvgIpc) is 3.39. The van der Waals surface area contributed by atoms with Crippen molar-refractivity contribution >= 4 is 23.5 Å². The van der Waals surface area contributed by atoms with Crippen molar-refractivity contribution in [3.8, 4) is 0 Å². The minimum atomic E-state index is -0.867. The van der Waals surface area contributed by atoms with E-state index in [4.69, 9.17) is 0 Å².